The highest BCUT2D eigenvalue weighted by Crippen LogP contribution is 2.18. The predicted octanol–water partition coefficient (Wildman–Crippen LogP) is 1.87. The van der Waals surface area contributed by atoms with Gasteiger partial charge in [0.15, 0.2) is 6.29 Å². The number of aldehydes is 1. The minimum Gasteiger partial charge on any atom is -0.465 e. The molecule has 0 amide bonds. The van der Waals surface area contributed by atoms with Gasteiger partial charge in [0, 0.05) is 12.4 Å². The third-order valence-corrected chi connectivity index (χ3v) is 2.27. The monoisotopic (exact) mass is 258 g/mol. The number of aromatic nitrogens is 2. The summed E-state index contributed by atoms with van der Waals surface area (Å²) in [5, 5.41) is 0. The van der Waals surface area contributed by atoms with Gasteiger partial charge in [-0.15, -0.1) is 0 Å². The summed E-state index contributed by atoms with van der Waals surface area (Å²) in [6.07, 6.45) is 3.37. The smallest absolute Gasteiger partial charge is 0.337 e. The summed E-state index contributed by atoms with van der Waals surface area (Å²) in [6, 6.07) is 6.46. The molecule has 1 aromatic carbocycles. The van der Waals surface area contributed by atoms with Gasteiger partial charge in [0.05, 0.1) is 18.2 Å². The number of benzene rings is 1. The second-order valence-electron chi connectivity index (χ2n) is 3.53. The van der Waals surface area contributed by atoms with E-state index in [9.17, 15) is 9.59 Å². The van der Waals surface area contributed by atoms with Gasteiger partial charge in [-0.05, 0) is 24.3 Å². The maximum atomic E-state index is 11.2. The van der Waals surface area contributed by atoms with Gasteiger partial charge >= 0.3 is 12.0 Å². The largest absolute Gasteiger partial charge is 0.465 e. The molecule has 0 N–H and O–H groups in total. The summed E-state index contributed by atoms with van der Waals surface area (Å²) in [6.45, 7) is 0. The van der Waals surface area contributed by atoms with Gasteiger partial charge in [0.1, 0.15) is 5.75 Å². The Bertz CT molecular complexity index is 579. The topological polar surface area (TPSA) is 78.4 Å². The third-order valence-electron chi connectivity index (χ3n) is 2.27. The molecule has 0 saturated carbocycles. The van der Waals surface area contributed by atoms with Crippen molar-refractivity contribution in [3.63, 3.8) is 0 Å². The summed E-state index contributed by atoms with van der Waals surface area (Å²) >= 11 is 0. The molecular formula is C13H10N2O4. The van der Waals surface area contributed by atoms with Crippen molar-refractivity contribution in [1.82, 2.24) is 9.97 Å². The van der Waals surface area contributed by atoms with E-state index < -0.39 is 5.97 Å². The molecular weight excluding hydrogens is 248 g/mol. The highest BCUT2D eigenvalue weighted by atomic mass is 16.5. The van der Waals surface area contributed by atoms with Crippen molar-refractivity contribution in [2.75, 3.05) is 7.11 Å². The minimum atomic E-state index is -0.418. The first kappa shape index (κ1) is 12.7. The number of rotatable bonds is 4. The molecule has 0 atom stereocenters. The molecule has 0 unspecified atom stereocenters. The summed E-state index contributed by atoms with van der Waals surface area (Å²) in [5.41, 5.74) is 0.792. The van der Waals surface area contributed by atoms with Gasteiger partial charge in [0.2, 0.25) is 0 Å². The zero-order chi connectivity index (χ0) is 13.7. The van der Waals surface area contributed by atoms with Crippen LogP contribution in [0.1, 0.15) is 20.7 Å². The Hall–Kier alpha value is -2.76. The number of carbonyl (C=O) groups is 2. The Balaban J connectivity index is 2.10. The zero-order valence-electron chi connectivity index (χ0n) is 10.1. The first-order valence-corrected chi connectivity index (χ1v) is 5.36. The SMILES string of the molecule is COC(=O)c1ccc(Oc2ncc(C=O)cn2)cc1. The van der Waals surface area contributed by atoms with Crippen LogP contribution in [0.15, 0.2) is 36.7 Å². The van der Waals surface area contributed by atoms with E-state index in [0.29, 0.717) is 23.2 Å². The normalized spacial score (nSPS) is 9.74. The number of esters is 1. The van der Waals surface area contributed by atoms with Crippen LogP contribution in [0.5, 0.6) is 11.8 Å². The van der Waals surface area contributed by atoms with Crippen LogP contribution >= 0.6 is 0 Å². The molecule has 0 spiro atoms. The molecule has 0 aliphatic heterocycles. The van der Waals surface area contributed by atoms with Gasteiger partial charge in [-0.2, -0.15) is 0 Å². The van der Waals surface area contributed by atoms with Gasteiger partial charge in [-0.25, -0.2) is 14.8 Å². The van der Waals surface area contributed by atoms with Crippen LogP contribution in [0.25, 0.3) is 0 Å². The lowest BCUT2D eigenvalue weighted by atomic mass is 10.2. The standard InChI is InChI=1S/C13H10N2O4/c1-18-12(17)10-2-4-11(5-3-10)19-13-14-6-9(8-16)7-15-13/h2-8H,1H3. The van der Waals surface area contributed by atoms with Crippen molar-refractivity contribution >= 4 is 12.3 Å². The van der Waals surface area contributed by atoms with E-state index in [1.807, 2.05) is 0 Å². The average Bonchev–Trinajstić information content (AvgIpc) is 2.48. The number of nitrogens with zero attached hydrogens (tertiary/aromatic N) is 2. The summed E-state index contributed by atoms with van der Waals surface area (Å²) in [4.78, 5) is 29.4. The minimum absolute atomic E-state index is 0.122. The van der Waals surface area contributed by atoms with Crippen molar-refractivity contribution in [2.45, 2.75) is 0 Å². The number of methoxy groups -OCH3 is 1. The molecule has 96 valence electrons. The number of hydrogen-bond donors (Lipinski definition) is 0. The van der Waals surface area contributed by atoms with E-state index in [1.54, 1.807) is 24.3 Å². The van der Waals surface area contributed by atoms with Crippen LogP contribution in [0, 0.1) is 0 Å². The highest BCUT2D eigenvalue weighted by Gasteiger charge is 2.06. The van der Waals surface area contributed by atoms with Crippen molar-refractivity contribution in [1.29, 1.82) is 0 Å². The first-order valence-electron chi connectivity index (χ1n) is 5.36. The molecule has 0 saturated heterocycles. The summed E-state index contributed by atoms with van der Waals surface area (Å²) in [7, 11) is 1.31. The van der Waals surface area contributed by atoms with Crippen LogP contribution in [0.3, 0.4) is 0 Å². The number of hydrogen-bond acceptors (Lipinski definition) is 6. The van der Waals surface area contributed by atoms with Gasteiger partial charge < -0.3 is 9.47 Å². The zero-order valence-corrected chi connectivity index (χ0v) is 10.1. The van der Waals surface area contributed by atoms with Crippen molar-refractivity contribution in [3.8, 4) is 11.8 Å². The lowest BCUT2D eigenvalue weighted by molar-refractivity contribution is 0.0600. The molecule has 1 heterocycles. The first-order chi connectivity index (χ1) is 9.22. The predicted molar refractivity (Wildman–Crippen MR) is 65.3 cm³/mol. The molecule has 0 aliphatic carbocycles. The Morgan fingerprint density at radius 2 is 1.79 bits per heavy atom. The Labute approximate surface area is 109 Å². The fourth-order valence-corrected chi connectivity index (χ4v) is 1.32. The Morgan fingerprint density at radius 1 is 1.16 bits per heavy atom. The van der Waals surface area contributed by atoms with E-state index in [-0.39, 0.29) is 6.01 Å². The Kier molecular flexibility index (Phi) is 3.82. The highest BCUT2D eigenvalue weighted by molar-refractivity contribution is 5.89. The molecule has 1 aromatic heterocycles. The molecule has 19 heavy (non-hydrogen) atoms. The fraction of sp³-hybridized carbons (Fsp3) is 0.0769. The average molecular weight is 258 g/mol. The quantitative estimate of drug-likeness (QED) is 0.615. The number of carbonyl (C=O) groups excluding carboxylic acids is 2. The maximum absolute atomic E-state index is 11.2. The van der Waals surface area contributed by atoms with Crippen LogP contribution in [-0.4, -0.2) is 29.3 Å². The Morgan fingerprint density at radius 3 is 2.32 bits per heavy atom. The molecule has 2 aromatic rings. The van der Waals surface area contributed by atoms with Crippen LogP contribution in [0.2, 0.25) is 0 Å². The van der Waals surface area contributed by atoms with E-state index in [4.69, 9.17) is 4.74 Å². The van der Waals surface area contributed by atoms with Crippen LogP contribution in [-0.2, 0) is 4.74 Å². The lowest BCUT2D eigenvalue weighted by Crippen LogP contribution is -2.00. The summed E-state index contributed by atoms with van der Waals surface area (Å²) in [5.74, 6) is 0.0599. The maximum Gasteiger partial charge on any atom is 0.337 e. The van der Waals surface area contributed by atoms with E-state index in [1.165, 1.54) is 19.5 Å². The van der Waals surface area contributed by atoms with Crippen molar-refractivity contribution in [3.05, 3.63) is 47.8 Å². The molecule has 0 aliphatic rings. The molecule has 0 bridgehead atoms. The van der Waals surface area contributed by atoms with Crippen LogP contribution < -0.4 is 4.74 Å². The molecule has 0 fully saturated rings. The van der Waals surface area contributed by atoms with E-state index in [0.717, 1.165) is 0 Å². The fourth-order valence-electron chi connectivity index (χ4n) is 1.32. The van der Waals surface area contributed by atoms with Gasteiger partial charge in [-0.3, -0.25) is 4.79 Å². The molecule has 6 heteroatoms. The number of ether oxygens (including phenoxy) is 2. The second-order valence-corrected chi connectivity index (χ2v) is 3.53. The van der Waals surface area contributed by atoms with E-state index in [2.05, 4.69) is 14.7 Å². The van der Waals surface area contributed by atoms with Crippen molar-refractivity contribution in [2.24, 2.45) is 0 Å². The third kappa shape index (κ3) is 3.12. The van der Waals surface area contributed by atoms with Crippen LogP contribution in [0.4, 0.5) is 0 Å². The second kappa shape index (κ2) is 5.72. The molecule has 0 radical (unpaired) electrons. The van der Waals surface area contributed by atoms with E-state index >= 15 is 0 Å². The van der Waals surface area contributed by atoms with Crippen molar-refractivity contribution < 1.29 is 19.1 Å². The van der Waals surface area contributed by atoms with Gasteiger partial charge in [0.25, 0.3) is 0 Å². The van der Waals surface area contributed by atoms with Gasteiger partial charge in [-0.1, -0.05) is 0 Å². The molecule has 6 nitrogen and oxygen atoms in total. The lowest BCUT2D eigenvalue weighted by Gasteiger charge is -2.04. The molecule has 2 rings (SSSR count). The summed E-state index contributed by atoms with van der Waals surface area (Å²) < 4.78 is 9.94.